The van der Waals surface area contributed by atoms with E-state index in [0.717, 1.165) is 19.3 Å². The first kappa shape index (κ1) is 19.9. The average Bonchev–Trinajstić information content (AvgIpc) is 1.85. The Kier molecular flexibility index (Phi) is 17.4. The van der Waals surface area contributed by atoms with E-state index in [1.54, 1.807) is 0 Å². The van der Waals surface area contributed by atoms with Gasteiger partial charge in [0.2, 0.25) is 0 Å². The second kappa shape index (κ2) is 11.4. The molecule has 0 aliphatic carbocycles. The van der Waals surface area contributed by atoms with Crippen molar-refractivity contribution in [3.05, 3.63) is 0 Å². The van der Waals surface area contributed by atoms with Crippen LogP contribution in [0.1, 0.15) is 32.6 Å². The summed E-state index contributed by atoms with van der Waals surface area (Å²) in [5.74, 6) is 0. The molecule has 0 rings (SSSR count). The van der Waals surface area contributed by atoms with Crippen molar-refractivity contribution in [2.24, 2.45) is 0 Å². The predicted octanol–water partition coefficient (Wildman–Crippen LogP) is 1.38. The summed E-state index contributed by atoms with van der Waals surface area (Å²) < 4.78 is 32.2. The van der Waals surface area contributed by atoms with Gasteiger partial charge in [0.1, 0.15) is 0 Å². The molecule has 0 aromatic carbocycles. The number of unbranched alkanes of at least 4 members (excludes halogenated alkanes) is 3. The van der Waals surface area contributed by atoms with Crippen LogP contribution >= 0.6 is 0 Å². The van der Waals surface area contributed by atoms with E-state index >= 15 is 0 Å². The van der Waals surface area contributed by atoms with Crippen molar-refractivity contribution in [2.75, 3.05) is 6.61 Å². The summed E-state index contributed by atoms with van der Waals surface area (Å²) in [5.41, 5.74) is 0. The topological polar surface area (TPSA) is 63.6 Å². The quantitative estimate of drug-likeness (QED) is 0.418. The normalized spacial score (nSPS) is 10.0. The van der Waals surface area contributed by atoms with E-state index in [1.807, 2.05) is 0 Å². The molecular weight excluding hydrogens is 384 g/mol. The third kappa shape index (κ3) is 19.7. The minimum Gasteiger partial charge on any atom is -0.264 e. The summed E-state index contributed by atoms with van der Waals surface area (Å²) in [5, 5.41) is 0. The molecule has 0 saturated heterocycles. The molecule has 0 aromatic rings. The van der Waals surface area contributed by atoms with Crippen LogP contribution in [0, 0.1) is 0 Å². The molecule has 0 heterocycles. The van der Waals surface area contributed by atoms with Gasteiger partial charge in [-0.25, -0.2) is 4.18 Å². The van der Waals surface area contributed by atoms with Gasteiger partial charge in [0.15, 0.2) is 0 Å². The largest absolute Gasteiger partial charge is 0.397 e. The first-order valence-corrected chi connectivity index (χ1v) is 5.04. The van der Waals surface area contributed by atoms with Crippen molar-refractivity contribution in [3.8, 4) is 0 Å². The zero-order chi connectivity index (χ0) is 8.74. The van der Waals surface area contributed by atoms with Gasteiger partial charge in [0, 0.05) is 44.8 Å². The Morgan fingerprint density at radius 3 is 2.08 bits per heavy atom. The van der Waals surface area contributed by atoms with Gasteiger partial charge in [-0.3, -0.25) is 4.55 Å². The van der Waals surface area contributed by atoms with E-state index in [-0.39, 0.29) is 51.4 Å². The molecule has 4 nitrogen and oxygen atoms in total. The van der Waals surface area contributed by atoms with Crippen LogP contribution in [-0.4, -0.2) is 19.6 Å². The maximum Gasteiger partial charge on any atom is 0.397 e. The molecule has 2 radical (unpaired) electrons. The predicted molar refractivity (Wildman–Crippen MR) is 41.6 cm³/mol. The molecule has 0 saturated carbocycles. The molecule has 0 spiro atoms. The average molecular weight is 398 g/mol. The van der Waals surface area contributed by atoms with Crippen LogP contribution in [0.3, 0.4) is 0 Å². The van der Waals surface area contributed by atoms with Gasteiger partial charge in [0.25, 0.3) is 0 Å². The fourth-order valence-electron chi connectivity index (χ4n) is 0.693. The van der Waals surface area contributed by atoms with E-state index in [4.69, 9.17) is 4.55 Å². The minimum atomic E-state index is -4.21. The Hall–Kier alpha value is 1.35. The van der Waals surface area contributed by atoms with Crippen LogP contribution in [-0.2, 0) is 59.3 Å². The third-order valence-corrected chi connectivity index (χ3v) is 1.69. The van der Waals surface area contributed by atoms with E-state index < -0.39 is 10.4 Å². The Labute approximate surface area is 111 Å². The van der Waals surface area contributed by atoms with Crippen LogP contribution in [0.5, 0.6) is 0 Å². The summed E-state index contributed by atoms with van der Waals surface area (Å²) in [4.78, 5) is 0. The molecule has 0 aromatic heterocycles. The van der Waals surface area contributed by atoms with Crippen molar-refractivity contribution in [2.45, 2.75) is 32.6 Å². The summed E-state index contributed by atoms with van der Waals surface area (Å²) in [6.07, 6.45) is 3.76. The SMILES string of the molecule is CCCCCCOS(=O)(=O)O.[Ag].[Ag]. The van der Waals surface area contributed by atoms with E-state index in [2.05, 4.69) is 11.1 Å². The van der Waals surface area contributed by atoms with Gasteiger partial charge < -0.3 is 0 Å². The molecule has 0 aliphatic heterocycles. The molecule has 1 N–H and O–H groups in total. The maximum absolute atomic E-state index is 10.00. The molecule has 0 amide bonds. The molecule has 0 aliphatic rings. The van der Waals surface area contributed by atoms with Crippen LogP contribution in [0.4, 0.5) is 0 Å². The molecule has 13 heavy (non-hydrogen) atoms. The smallest absolute Gasteiger partial charge is 0.264 e. The van der Waals surface area contributed by atoms with Crippen LogP contribution < -0.4 is 0 Å². The van der Waals surface area contributed by atoms with Crippen molar-refractivity contribution >= 4 is 10.4 Å². The van der Waals surface area contributed by atoms with E-state index in [1.165, 1.54) is 0 Å². The van der Waals surface area contributed by atoms with Crippen molar-refractivity contribution in [3.63, 3.8) is 0 Å². The van der Waals surface area contributed by atoms with Crippen LogP contribution in [0.15, 0.2) is 0 Å². The molecule has 7 heteroatoms. The van der Waals surface area contributed by atoms with Gasteiger partial charge in [-0.1, -0.05) is 26.2 Å². The Morgan fingerprint density at radius 1 is 1.15 bits per heavy atom. The first-order chi connectivity index (χ1) is 5.06. The number of hydrogen-bond donors (Lipinski definition) is 1. The van der Waals surface area contributed by atoms with Gasteiger partial charge in [-0.2, -0.15) is 8.42 Å². The molecule has 0 unspecified atom stereocenters. The monoisotopic (exact) mass is 396 g/mol. The summed E-state index contributed by atoms with van der Waals surface area (Å²) in [7, 11) is -4.21. The molecular formula is C6H14Ag2O4S. The molecule has 90 valence electrons. The number of rotatable bonds is 6. The Bertz CT molecular complexity index is 181. The van der Waals surface area contributed by atoms with Crippen LogP contribution in [0.25, 0.3) is 0 Å². The zero-order valence-corrected chi connectivity index (χ0v) is 11.0. The van der Waals surface area contributed by atoms with E-state index in [9.17, 15) is 8.42 Å². The Morgan fingerprint density at radius 2 is 1.69 bits per heavy atom. The van der Waals surface area contributed by atoms with Gasteiger partial charge >= 0.3 is 10.4 Å². The van der Waals surface area contributed by atoms with Crippen molar-refractivity contribution in [1.29, 1.82) is 0 Å². The number of hydrogen-bond acceptors (Lipinski definition) is 3. The zero-order valence-electron chi connectivity index (χ0n) is 7.22. The third-order valence-electron chi connectivity index (χ3n) is 1.23. The fraction of sp³-hybridized carbons (Fsp3) is 1.00. The van der Waals surface area contributed by atoms with Crippen LogP contribution in [0.2, 0.25) is 0 Å². The molecule has 0 fully saturated rings. The van der Waals surface area contributed by atoms with E-state index in [0.29, 0.717) is 6.42 Å². The maximum atomic E-state index is 10.00. The van der Waals surface area contributed by atoms with Gasteiger partial charge in [-0.05, 0) is 6.42 Å². The summed E-state index contributed by atoms with van der Waals surface area (Å²) in [6.45, 7) is 2.14. The standard InChI is InChI=1S/C6H14O4S.2Ag/c1-2-3-4-5-6-10-11(7,8)9;;/h2-6H2,1H3,(H,7,8,9);;. The van der Waals surface area contributed by atoms with Gasteiger partial charge in [-0.15, -0.1) is 0 Å². The van der Waals surface area contributed by atoms with Crippen molar-refractivity contribution < 1.29 is 61.9 Å². The second-order valence-electron chi connectivity index (χ2n) is 2.31. The fourth-order valence-corrected chi connectivity index (χ4v) is 1.02. The Balaban J connectivity index is -0.000000500. The summed E-state index contributed by atoms with van der Waals surface area (Å²) in [6, 6.07) is 0. The minimum absolute atomic E-state index is 0. The summed E-state index contributed by atoms with van der Waals surface area (Å²) >= 11 is 0. The second-order valence-corrected chi connectivity index (χ2v) is 3.40. The van der Waals surface area contributed by atoms with Crippen molar-refractivity contribution in [1.82, 2.24) is 0 Å². The first-order valence-electron chi connectivity index (χ1n) is 3.68. The molecule has 0 bridgehead atoms. The van der Waals surface area contributed by atoms with Gasteiger partial charge in [0.05, 0.1) is 6.61 Å². The molecule has 0 atom stereocenters.